The lowest BCUT2D eigenvalue weighted by Gasteiger charge is -2.02. The fraction of sp³-hybridized carbons (Fsp3) is 0.333. The molecule has 0 aromatic carbocycles. The van der Waals surface area contributed by atoms with Gasteiger partial charge in [-0.2, -0.15) is 26.7 Å². The Balaban J connectivity index is 4.57. The first kappa shape index (κ1) is 13.8. The monoisotopic (exact) mass is 262 g/mol. The van der Waals surface area contributed by atoms with E-state index in [1.807, 2.05) is 0 Å². The number of hydrogen-bond acceptors (Lipinski definition) is 8. The van der Waals surface area contributed by atoms with Gasteiger partial charge < -0.3 is 8.37 Å². The zero-order valence-electron chi connectivity index (χ0n) is 7.16. The maximum absolute atomic E-state index is 10.6. The standard InChI is InChI=1S/C3H6N2O8S2/c1-5-15(10,11)13-3(7)2(6)12-14(4,8)9/h5H,1H3,(H2,4,8,9). The van der Waals surface area contributed by atoms with Gasteiger partial charge in [-0.1, -0.05) is 0 Å². The van der Waals surface area contributed by atoms with Crippen molar-refractivity contribution in [2.75, 3.05) is 7.05 Å². The molecule has 15 heavy (non-hydrogen) atoms. The third-order valence-corrected chi connectivity index (χ3v) is 2.05. The largest absolute Gasteiger partial charge is 0.435 e. The second-order valence-electron chi connectivity index (χ2n) is 1.89. The van der Waals surface area contributed by atoms with E-state index in [9.17, 15) is 26.4 Å². The number of carbonyl (C=O) groups excluding carboxylic acids is 2. The van der Waals surface area contributed by atoms with Gasteiger partial charge in [-0.05, 0) is 0 Å². The molecular formula is C3H6N2O8S2. The van der Waals surface area contributed by atoms with Crippen molar-refractivity contribution >= 4 is 32.5 Å². The second-order valence-corrected chi connectivity index (χ2v) is 4.53. The van der Waals surface area contributed by atoms with Crippen LogP contribution < -0.4 is 9.86 Å². The molecule has 0 radical (unpaired) electrons. The molecule has 0 saturated carbocycles. The highest BCUT2D eigenvalue weighted by Gasteiger charge is 2.27. The lowest BCUT2D eigenvalue weighted by molar-refractivity contribution is -0.155. The summed E-state index contributed by atoms with van der Waals surface area (Å²) in [6.07, 6.45) is 0. The van der Waals surface area contributed by atoms with E-state index in [4.69, 9.17) is 0 Å². The van der Waals surface area contributed by atoms with Gasteiger partial charge in [-0.25, -0.2) is 9.59 Å². The number of carbonyl (C=O) groups is 2. The third-order valence-electron chi connectivity index (χ3n) is 0.794. The average molecular weight is 262 g/mol. The Morgan fingerprint density at radius 1 is 1.07 bits per heavy atom. The van der Waals surface area contributed by atoms with Crippen LogP contribution in [-0.4, -0.2) is 35.8 Å². The molecule has 0 amide bonds. The van der Waals surface area contributed by atoms with Crippen molar-refractivity contribution in [3.8, 4) is 0 Å². The van der Waals surface area contributed by atoms with Gasteiger partial charge in [0.2, 0.25) is 0 Å². The van der Waals surface area contributed by atoms with Crippen LogP contribution in [0.1, 0.15) is 0 Å². The van der Waals surface area contributed by atoms with Gasteiger partial charge in [0, 0.05) is 7.05 Å². The van der Waals surface area contributed by atoms with Gasteiger partial charge >= 0.3 is 32.5 Å². The van der Waals surface area contributed by atoms with E-state index >= 15 is 0 Å². The molecule has 0 atom stereocenters. The highest BCUT2D eigenvalue weighted by Crippen LogP contribution is 1.93. The molecule has 0 aromatic heterocycles. The van der Waals surface area contributed by atoms with Crippen molar-refractivity contribution in [2.45, 2.75) is 0 Å². The van der Waals surface area contributed by atoms with Crippen molar-refractivity contribution in [1.82, 2.24) is 4.72 Å². The Kier molecular flexibility index (Phi) is 4.15. The van der Waals surface area contributed by atoms with Crippen LogP contribution in [0.4, 0.5) is 0 Å². The quantitative estimate of drug-likeness (QED) is 0.501. The molecule has 12 heteroatoms. The van der Waals surface area contributed by atoms with Crippen molar-refractivity contribution in [2.24, 2.45) is 5.14 Å². The van der Waals surface area contributed by atoms with E-state index in [1.54, 1.807) is 0 Å². The molecule has 0 spiro atoms. The predicted octanol–water partition coefficient (Wildman–Crippen LogP) is -3.26. The van der Waals surface area contributed by atoms with Gasteiger partial charge in [-0.3, -0.25) is 0 Å². The molecule has 0 rings (SSSR count). The highest BCUT2D eigenvalue weighted by molar-refractivity contribution is 7.85. The van der Waals surface area contributed by atoms with Crippen LogP contribution in [0.2, 0.25) is 0 Å². The molecule has 10 nitrogen and oxygen atoms in total. The van der Waals surface area contributed by atoms with Gasteiger partial charge in [0.05, 0.1) is 0 Å². The SMILES string of the molecule is CNS(=O)(=O)OC(=O)C(=O)OS(N)(=O)=O. The molecule has 0 fully saturated rings. The Morgan fingerprint density at radius 3 is 1.80 bits per heavy atom. The molecule has 0 unspecified atom stereocenters. The van der Waals surface area contributed by atoms with E-state index in [0.717, 1.165) is 7.05 Å². The topological polar surface area (TPSA) is 159 Å². The van der Waals surface area contributed by atoms with Crippen molar-refractivity contribution in [1.29, 1.82) is 0 Å². The van der Waals surface area contributed by atoms with E-state index < -0.39 is 32.5 Å². The molecule has 0 aromatic rings. The molecule has 0 aliphatic rings. The van der Waals surface area contributed by atoms with E-state index in [2.05, 4.69) is 13.5 Å². The molecule has 0 bridgehead atoms. The van der Waals surface area contributed by atoms with Crippen molar-refractivity contribution in [3.63, 3.8) is 0 Å². The first-order chi connectivity index (χ1) is 6.57. The minimum absolute atomic E-state index is 0.896. The lowest BCUT2D eigenvalue weighted by Crippen LogP contribution is -2.32. The zero-order valence-corrected chi connectivity index (χ0v) is 8.79. The summed E-state index contributed by atoms with van der Waals surface area (Å²) in [5.41, 5.74) is 0. The van der Waals surface area contributed by atoms with Gasteiger partial charge in [-0.15, -0.1) is 0 Å². The van der Waals surface area contributed by atoms with E-state index in [-0.39, 0.29) is 0 Å². The summed E-state index contributed by atoms with van der Waals surface area (Å²) in [6, 6.07) is 0. The molecular weight excluding hydrogens is 256 g/mol. The molecule has 0 saturated heterocycles. The molecule has 88 valence electrons. The maximum atomic E-state index is 10.6. The summed E-state index contributed by atoms with van der Waals surface area (Å²) < 4.78 is 49.7. The second kappa shape index (κ2) is 4.52. The van der Waals surface area contributed by atoms with Crippen LogP contribution in [-0.2, 0) is 38.6 Å². The zero-order chi connectivity index (χ0) is 12.3. The minimum Gasteiger partial charge on any atom is -0.324 e. The van der Waals surface area contributed by atoms with Crippen LogP contribution >= 0.6 is 0 Å². The van der Waals surface area contributed by atoms with Crippen LogP contribution in [0.5, 0.6) is 0 Å². The van der Waals surface area contributed by atoms with Gasteiger partial charge in [0.25, 0.3) is 0 Å². The summed E-state index contributed by atoms with van der Waals surface area (Å²) in [5, 5.41) is 4.23. The molecule has 0 aliphatic heterocycles. The summed E-state index contributed by atoms with van der Waals surface area (Å²) in [4.78, 5) is 21.1. The smallest absolute Gasteiger partial charge is 0.324 e. The van der Waals surface area contributed by atoms with Gasteiger partial charge in [0.1, 0.15) is 0 Å². The average Bonchev–Trinajstić information content (AvgIpc) is 2.00. The van der Waals surface area contributed by atoms with Crippen LogP contribution in [0.25, 0.3) is 0 Å². The van der Waals surface area contributed by atoms with Gasteiger partial charge in [0.15, 0.2) is 0 Å². The predicted molar refractivity (Wildman–Crippen MR) is 43.3 cm³/mol. The van der Waals surface area contributed by atoms with E-state index in [1.165, 1.54) is 4.72 Å². The Morgan fingerprint density at radius 2 is 1.47 bits per heavy atom. The Hall–Kier alpha value is -1.24. The van der Waals surface area contributed by atoms with Crippen LogP contribution in [0.3, 0.4) is 0 Å². The summed E-state index contributed by atoms with van der Waals surface area (Å²) >= 11 is 0. The van der Waals surface area contributed by atoms with Crippen LogP contribution in [0.15, 0.2) is 0 Å². The summed E-state index contributed by atoms with van der Waals surface area (Å²) in [6.45, 7) is 0. The van der Waals surface area contributed by atoms with Crippen molar-refractivity contribution in [3.05, 3.63) is 0 Å². The molecule has 0 heterocycles. The fourth-order valence-corrected chi connectivity index (χ4v) is 0.945. The Bertz CT molecular complexity index is 460. The number of nitrogens with two attached hydrogens (primary N) is 1. The normalized spacial score (nSPS) is 11.9. The summed E-state index contributed by atoms with van der Waals surface area (Å²) in [7, 11) is -8.26. The summed E-state index contributed by atoms with van der Waals surface area (Å²) in [5.74, 6) is -4.12. The first-order valence-electron chi connectivity index (χ1n) is 3.01. The first-order valence-corrected chi connectivity index (χ1v) is 5.89. The molecule has 3 N–H and O–H groups in total. The third kappa shape index (κ3) is 5.95. The van der Waals surface area contributed by atoms with Crippen LogP contribution in [0, 0.1) is 0 Å². The number of hydrogen-bond donors (Lipinski definition) is 2. The number of rotatable bonds is 3. The number of nitrogens with one attached hydrogen (secondary N) is 1. The van der Waals surface area contributed by atoms with Crippen molar-refractivity contribution < 1.29 is 34.8 Å². The maximum Gasteiger partial charge on any atom is 0.435 e. The highest BCUT2D eigenvalue weighted by atomic mass is 32.2. The lowest BCUT2D eigenvalue weighted by atomic mass is 10.7. The minimum atomic E-state index is -4.70. The molecule has 0 aliphatic carbocycles. The van der Waals surface area contributed by atoms with E-state index in [0.29, 0.717) is 0 Å². The fourth-order valence-electron chi connectivity index (χ4n) is 0.315. The Labute approximate surface area is 84.8 Å².